The van der Waals surface area contributed by atoms with Crippen molar-refractivity contribution in [2.75, 3.05) is 20.1 Å². The van der Waals surface area contributed by atoms with E-state index in [1.807, 2.05) is 7.05 Å². The molecule has 1 N–H and O–H groups in total. The second-order valence-corrected chi connectivity index (χ2v) is 7.45. The van der Waals surface area contributed by atoms with E-state index in [9.17, 15) is 4.79 Å². The van der Waals surface area contributed by atoms with Gasteiger partial charge in [0, 0.05) is 13.1 Å². The van der Waals surface area contributed by atoms with Crippen molar-refractivity contribution in [1.29, 1.82) is 0 Å². The van der Waals surface area contributed by atoms with E-state index in [-0.39, 0.29) is 6.04 Å². The highest BCUT2D eigenvalue weighted by Gasteiger charge is 2.63. The van der Waals surface area contributed by atoms with Crippen molar-refractivity contribution in [2.24, 2.45) is 29.1 Å². The van der Waals surface area contributed by atoms with Crippen LogP contribution >= 0.6 is 0 Å². The zero-order valence-corrected chi connectivity index (χ0v) is 12.8. The summed E-state index contributed by atoms with van der Waals surface area (Å²) in [4.78, 5) is 14.9. The minimum absolute atomic E-state index is 0.0538. The lowest BCUT2D eigenvalue weighted by Crippen LogP contribution is -2.50. The molecule has 1 saturated heterocycles. The Bertz CT molecular complexity index is 361. The van der Waals surface area contributed by atoms with E-state index in [4.69, 9.17) is 0 Å². The number of amides is 1. The number of nitrogens with zero attached hydrogens (tertiary/aromatic N) is 1. The number of hydrogen-bond donors (Lipinski definition) is 1. The van der Waals surface area contributed by atoms with Gasteiger partial charge in [0.25, 0.3) is 0 Å². The van der Waals surface area contributed by atoms with E-state index in [2.05, 4.69) is 31.0 Å². The van der Waals surface area contributed by atoms with E-state index >= 15 is 0 Å². The first-order chi connectivity index (χ1) is 9.00. The summed E-state index contributed by atoms with van der Waals surface area (Å²) in [6.45, 7) is 8.91. The van der Waals surface area contributed by atoms with Crippen LogP contribution in [0.1, 0.15) is 40.0 Å². The molecule has 2 saturated carbocycles. The summed E-state index contributed by atoms with van der Waals surface area (Å²) >= 11 is 0. The van der Waals surface area contributed by atoms with Crippen LogP contribution < -0.4 is 5.32 Å². The van der Waals surface area contributed by atoms with Crippen LogP contribution in [0.25, 0.3) is 0 Å². The first-order valence-electron chi connectivity index (χ1n) is 7.96. The maximum absolute atomic E-state index is 12.7. The Morgan fingerprint density at radius 2 is 1.89 bits per heavy atom. The number of carbonyl (C=O) groups excluding carboxylic acids is 1. The van der Waals surface area contributed by atoms with Crippen molar-refractivity contribution in [3.63, 3.8) is 0 Å². The number of likely N-dealkylation sites (N-methyl/N-ethyl adjacent to an activating group) is 1. The summed E-state index contributed by atoms with van der Waals surface area (Å²) in [7, 11) is 1.95. The monoisotopic (exact) mass is 264 g/mol. The van der Waals surface area contributed by atoms with Crippen molar-refractivity contribution in [2.45, 2.75) is 46.1 Å². The Morgan fingerprint density at radius 1 is 1.32 bits per heavy atom. The zero-order chi connectivity index (χ0) is 13.8. The normalized spacial score (nSPS) is 34.8. The van der Waals surface area contributed by atoms with Crippen LogP contribution in [0.3, 0.4) is 0 Å². The van der Waals surface area contributed by atoms with Gasteiger partial charge in [-0.1, -0.05) is 27.2 Å². The molecule has 1 aliphatic heterocycles. The van der Waals surface area contributed by atoms with Crippen LogP contribution in [-0.4, -0.2) is 37.0 Å². The molecule has 19 heavy (non-hydrogen) atoms. The number of nitrogens with one attached hydrogen (secondary N) is 1. The zero-order valence-electron chi connectivity index (χ0n) is 12.8. The van der Waals surface area contributed by atoms with Crippen molar-refractivity contribution < 1.29 is 4.79 Å². The predicted molar refractivity (Wildman–Crippen MR) is 76.7 cm³/mol. The molecule has 4 unspecified atom stereocenters. The van der Waals surface area contributed by atoms with Gasteiger partial charge < -0.3 is 10.2 Å². The second-order valence-electron chi connectivity index (χ2n) is 7.45. The average molecular weight is 264 g/mol. The molecule has 0 bridgehead atoms. The Morgan fingerprint density at radius 3 is 2.32 bits per heavy atom. The number of rotatable bonds is 5. The number of piperidine rings is 1. The molecule has 3 fully saturated rings. The van der Waals surface area contributed by atoms with E-state index in [1.54, 1.807) is 0 Å². The van der Waals surface area contributed by atoms with Crippen LogP contribution in [0.15, 0.2) is 0 Å². The van der Waals surface area contributed by atoms with Crippen molar-refractivity contribution >= 4 is 5.91 Å². The number of likely N-dealkylation sites (tertiary alicyclic amines) is 1. The van der Waals surface area contributed by atoms with Crippen LogP contribution in [-0.2, 0) is 4.79 Å². The molecule has 3 rings (SSSR count). The number of carbonyl (C=O) groups is 1. The molecule has 1 heterocycles. The molecule has 3 heteroatoms. The fraction of sp³-hybridized carbons (Fsp3) is 0.938. The van der Waals surface area contributed by atoms with Gasteiger partial charge in [0.2, 0.25) is 5.91 Å². The molecule has 1 amide bonds. The van der Waals surface area contributed by atoms with Crippen LogP contribution in [0, 0.1) is 29.1 Å². The molecule has 0 aromatic heterocycles. The van der Waals surface area contributed by atoms with Crippen molar-refractivity contribution in [1.82, 2.24) is 10.2 Å². The van der Waals surface area contributed by atoms with Crippen LogP contribution in [0.4, 0.5) is 0 Å². The smallest absolute Gasteiger partial charge is 0.240 e. The predicted octanol–water partition coefficient (Wildman–Crippen LogP) is 2.12. The third-order valence-corrected chi connectivity index (χ3v) is 6.14. The second kappa shape index (κ2) is 4.47. The first-order valence-corrected chi connectivity index (χ1v) is 7.96. The molecule has 0 aromatic rings. The molecule has 3 aliphatic rings. The van der Waals surface area contributed by atoms with E-state index in [0.717, 1.165) is 37.3 Å². The van der Waals surface area contributed by atoms with Crippen LogP contribution in [0.5, 0.6) is 0 Å². The van der Waals surface area contributed by atoms with E-state index in [1.165, 1.54) is 12.8 Å². The highest BCUT2D eigenvalue weighted by atomic mass is 16.2. The standard InChI is InChI=1S/C16H28N2O/c1-5-11(10-6-7-10)14(17-4)15(19)18-8-12-13(9-18)16(12,2)3/h10-14,17H,5-9H2,1-4H3. The van der Waals surface area contributed by atoms with Gasteiger partial charge in [-0.3, -0.25) is 4.79 Å². The summed E-state index contributed by atoms with van der Waals surface area (Å²) < 4.78 is 0. The van der Waals surface area contributed by atoms with E-state index in [0.29, 0.717) is 17.2 Å². The van der Waals surface area contributed by atoms with Gasteiger partial charge in [-0.05, 0) is 49.0 Å². The molecule has 0 spiro atoms. The fourth-order valence-electron chi connectivity index (χ4n) is 4.39. The quantitative estimate of drug-likeness (QED) is 0.825. The lowest BCUT2D eigenvalue weighted by molar-refractivity contribution is -0.134. The lowest BCUT2D eigenvalue weighted by Gasteiger charge is -2.31. The van der Waals surface area contributed by atoms with Gasteiger partial charge in [0.05, 0.1) is 6.04 Å². The average Bonchev–Trinajstić information content (AvgIpc) is 3.22. The number of fused-ring (bicyclic) bond motifs is 1. The van der Waals surface area contributed by atoms with Crippen molar-refractivity contribution in [3.8, 4) is 0 Å². The Kier molecular flexibility index (Phi) is 3.16. The molecule has 4 atom stereocenters. The van der Waals surface area contributed by atoms with Gasteiger partial charge in [-0.15, -0.1) is 0 Å². The molecular formula is C16H28N2O. The molecule has 3 nitrogen and oxygen atoms in total. The van der Waals surface area contributed by atoms with E-state index < -0.39 is 0 Å². The summed E-state index contributed by atoms with van der Waals surface area (Å²) in [5.41, 5.74) is 0.493. The summed E-state index contributed by atoms with van der Waals surface area (Å²) in [6.07, 6.45) is 3.76. The lowest BCUT2D eigenvalue weighted by atomic mass is 9.90. The third kappa shape index (κ3) is 2.10. The largest absolute Gasteiger partial charge is 0.341 e. The highest BCUT2D eigenvalue weighted by Crippen LogP contribution is 2.62. The fourth-order valence-corrected chi connectivity index (χ4v) is 4.39. The van der Waals surface area contributed by atoms with Gasteiger partial charge in [0.1, 0.15) is 0 Å². The van der Waals surface area contributed by atoms with Gasteiger partial charge in [-0.2, -0.15) is 0 Å². The Hall–Kier alpha value is -0.570. The Balaban J connectivity index is 1.63. The maximum Gasteiger partial charge on any atom is 0.240 e. The minimum atomic E-state index is 0.0538. The number of hydrogen-bond acceptors (Lipinski definition) is 2. The minimum Gasteiger partial charge on any atom is -0.341 e. The molecule has 0 aromatic carbocycles. The summed E-state index contributed by atoms with van der Waals surface area (Å²) in [6, 6.07) is 0.0538. The molecular weight excluding hydrogens is 236 g/mol. The molecule has 0 radical (unpaired) electrons. The SMILES string of the molecule is CCC(C1CC1)C(NC)C(=O)N1CC2C(C1)C2(C)C. The van der Waals surface area contributed by atoms with Gasteiger partial charge in [0.15, 0.2) is 0 Å². The molecule has 2 aliphatic carbocycles. The Labute approximate surface area is 117 Å². The first kappa shape index (κ1) is 13.4. The van der Waals surface area contributed by atoms with Crippen molar-refractivity contribution in [3.05, 3.63) is 0 Å². The van der Waals surface area contributed by atoms with Gasteiger partial charge in [-0.25, -0.2) is 0 Å². The highest BCUT2D eigenvalue weighted by molar-refractivity contribution is 5.83. The third-order valence-electron chi connectivity index (χ3n) is 6.14. The summed E-state index contributed by atoms with van der Waals surface area (Å²) in [5, 5.41) is 3.31. The van der Waals surface area contributed by atoms with Gasteiger partial charge >= 0.3 is 0 Å². The van der Waals surface area contributed by atoms with Crippen LogP contribution in [0.2, 0.25) is 0 Å². The maximum atomic E-state index is 12.7. The summed E-state index contributed by atoms with van der Waals surface area (Å²) in [5.74, 6) is 3.22. The molecule has 108 valence electrons. The topological polar surface area (TPSA) is 32.3 Å².